The van der Waals surface area contributed by atoms with Crippen LogP contribution in [-0.4, -0.2) is 64.0 Å². The first-order valence-corrected chi connectivity index (χ1v) is 19.9. The van der Waals surface area contributed by atoms with Crippen molar-refractivity contribution in [2.75, 3.05) is 18.1 Å². The zero-order valence-electron chi connectivity index (χ0n) is 28.3. The number of aromatic nitrogens is 2. The molecule has 0 unspecified atom stereocenters. The van der Waals surface area contributed by atoms with Gasteiger partial charge in [-0.1, -0.05) is 73.7 Å². The van der Waals surface area contributed by atoms with Gasteiger partial charge in [0.25, 0.3) is 11.5 Å². The molecule has 5 aromatic rings. The summed E-state index contributed by atoms with van der Waals surface area (Å²) in [6.07, 6.45) is 0.764. The van der Waals surface area contributed by atoms with Crippen molar-refractivity contribution in [1.29, 1.82) is 0 Å². The molecule has 0 radical (unpaired) electrons. The summed E-state index contributed by atoms with van der Waals surface area (Å²) in [5.41, 5.74) is 0.813. The van der Waals surface area contributed by atoms with Crippen LogP contribution >= 0.6 is 0 Å². The molecule has 0 saturated carbocycles. The average Bonchev–Trinajstić information content (AvgIpc) is 3.54. The number of hydrogen-bond donors (Lipinski definition) is 2. The summed E-state index contributed by atoms with van der Waals surface area (Å²) in [7, 11) is -3.09. The molecule has 50 heavy (non-hydrogen) atoms. The molecule has 2 aliphatic heterocycles. The molecule has 10 nitrogen and oxygen atoms in total. The molecule has 7 rings (SSSR count). The summed E-state index contributed by atoms with van der Waals surface area (Å²) in [4.78, 5) is 57.7. The predicted molar refractivity (Wildman–Crippen MR) is 194 cm³/mol. The lowest BCUT2D eigenvalue weighted by atomic mass is 9.82. The molecule has 2 amide bonds. The van der Waals surface area contributed by atoms with Gasteiger partial charge < -0.3 is 19.5 Å². The third-order valence-corrected chi connectivity index (χ3v) is 12.6. The van der Waals surface area contributed by atoms with Gasteiger partial charge in [0, 0.05) is 41.2 Å². The van der Waals surface area contributed by atoms with Crippen LogP contribution in [0.5, 0.6) is 0 Å². The van der Waals surface area contributed by atoms with Crippen molar-refractivity contribution < 1.29 is 24.2 Å². The monoisotopic (exact) mass is 688 g/mol. The van der Waals surface area contributed by atoms with E-state index >= 15 is 0 Å². The SMILES string of the molecule is C[C@@H]1[C@@H]([Si](C)(C)O)[C@H](CC(=O)N(CCO)Cc2ccccc2)O[C@@]12C(=O)N(c1ccccc1)c1ccc(-n3ncc4ccccc4c3=O)cc12. The molecule has 11 heteroatoms. The fourth-order valence-corrected chi connectivity index (χ4v) is 10.5. The Morgan fingerprint density at radius 2 is 1.62 bits per heavy atom. The zero-order valence-corrected chi connectivity index (χ0v) is 29.3. The Morgan fingerprint density at radius 1 is 0.940 bits per heavy atom. The second-order valence-corrected chi connectivity index (χ2v) is 17.7. The molecule has 1 saturated heterocycles. The largest absolute Gasteiger partial charge is 0.432 e. The van der Waals surface area contributed by atoms with Gasteiger partial charge >= 0.3 is 0 Å². The molecule has 4 aromatic carbocycles. The highest BCUT2D eigenvalue weighted by molar-refractivity contribution is 6.71. The fraction of sp³-hybridized carbons (Fsp3) is 0.282. The van der Waals surface area contributed by atoms with E-state index in [-0.39, 0.29) is 36.9 Å². The highest BCUT2D eigenvalue weighted by atomic mass is 28.4. The predicted octanol–water partition coefficient (Wildman–Crippen LogP) is 5.27. The molecule has 2 aliphatic rings. The van der Waals surface area contributed by atoms with Crippen LogP contribution in [0.4, 0.5) is 11.4 Å². The van der Waals surface area contributed by atoms with Gasteiger partial charge in [-0.3, -0.25) is 19.3 Å². The normalized spacial score (nSPS) is 21.6. The number of amides is 2. The number of rotatable bonds is 9. The summed E-state index contributed by atoms with van der Waals surface area (Å²) in [6.45, 7) is 5.77. The number of para-hydroxylation sites is 1. The number of aliphatic hydroxyl groups excluding tert-OH is 1. The van der Waals surface area contributed by atoms with E-state index in [1.807, 2.05) is 98.9 Å². The van der Waals surface area contributed by atoms with Gasteiger partial charge in [0.2, 0.25) is 5.91 Å². The van der Waals surface area contributed by atoms with Crippen molar-refractivity contribution in [3.63, 3.8) is 0 Å². The van der Waals surface area contributed by atoms with E-state index in [4.69, 9.17) is 4.74 Å². The lowest BCUT2D eigenvalue weighted by Crippen LogP contribution is -2.45. The van der Waals surface area contributed by atoms with Crippen LogP contribution in [-0.2, 0) is 26.5 Å². The fourth-order valence-electron chi connectivity index (χ4n) is 7.95. The summed E-state index contributed by atoms with van der Waals surface area (Å²) < 4.78 is 8.28. The van der Waals surface area contributed by atoms with Gasteiger partial charge in [0.1, 0.15) is 0 Å². The minimum Gasteiger partial charge on any atom is -0.432 e. The summed E-state index contributed by atoms with van der Waals surface area (Å²) in [6, 6.07) is 31.4. The Labute approximate surface area is 291 Å². The number of benzene rings is 4. The zero-order chi connectivity index (χ0) is 35.2. The van der Waals surface area contributed by atoms with Gasteiger partial charge in [-0.05, 0) is 55.1 Å². The molecule has 1 aromatic heterocycles. The van der Waals surface area contributed by atoms with Crippen LogP contribution in [0.3, 0.4) is 0 Å². The third-order valence-electron chi connectivity index (χ3n) is 10.1. The summed E-state index contributed by atoms with van der Waals surface area (Å²) >= 11 is 0. The van der Waals surface area contributed by atoms with Gasteiger partial charge in [-0.15, -0.1) is 0 Å². The Hall–Kier alpha value is -4.94. The highest BCUT2D eigenvalue weighted by Crippen LogP contribution is 2.61. The molecule has 3 heterocycles. The maximum Gasteiger partial charge on any atom is 0.279 e. The number of fused-ring (bicyclic) bond motifs is 3. The van der Waals surface area contributed by atoms with Crippen LogP contribution in [0.2, 0.25) is 18.6 Å². The first-order valence-electron chi connectivity index (χ1n) is 16.9. The molecule has 1 spiro atoms. The number of hydrogen-bond acceptors (Lipinski definition) is 7. The number of ether oxygens (including phenoxy) is 1. The average molecular weight is 689 g/mol. The molecule has 1 fully saturated rings. The van der Waals surface area contributed by atoms with Crippen LogP contribution in [0.1, 0.15) is 24.5 Å². The van der Waals surface area contributed by atoms with Crippen molar-refractivity contribution in [3.8, 4) is 5.69 Å². The van der Waals surface area contributed by atoms with Crippen molar-refractivity contribution >= 4 is 42.3 Å². The number of aliphatic hydroxyl groups is 1. The first kappa shape index (κ1) is 33.5. The van der Waals surface area contributed by atoms with Gasteiger partial charge in [-0.2, -0.15) is 9.78 Å². The molecular formula is C39H40N4O6Si. The van der Waals surface area contributed by atoms with Crippen LogP contribution in [0.25, 0.3) is 16.5 Å². The van der Waals surface area contributed by atoms with Crippen LogP contribution in [0, 0.1) is 5.92 Å². The summed E-state index contributed by atoms with van der Waals surface area (Å²) in [5.74, 6) is -1.10. The molecule has 256 valence electrons. The number of nitrogens with zero attached hydrogens (tertiary/aromatic N) is 4. The second kappa shape index (κ2) is 13.1. The minimum absolute atomic E-state index is 0.0834. The molecule has 4 atom stereocenters. The van der Waals surface area contributed by atoms with Gasteiger partial charge in [-0.25, -0.2) is 0 Å². The Kier molecular flexibility index (Phi) is 8.77. The number of carbonyl (C=O) groups excluding carboxylic acids is 2. The molecule has 0 bridgehead atoms. The maximum atomic E-state index is 15.0. The van der Waals surface area contributed by atoms with E-state index in [0.717, 1.165) is 10.9 Å². The first-order chi connectivity index (χ1) is 24.0. The third kappa shape index (κ3) is 5.65. The van der Waals surface area contributed by atoms with Gasteiger partial charge in [0.15, 0.2) is 13.9 Å². The van der Waals surface area contributed by atoms with Crippen molar-refractivity contribution in [2.24, 2.45) is 5.92 Å². The minimum atomic E-state index is -3.09. The Balaban J connectivity index is 1.34. The Bertz CT molecular complexity index is 2120. The van der Waals surface area contributed by atoms with E-state index in [1.54, 1.807) is 40.3 Å². The standard InChI is InChI=1S/C39H40N4O6Si/c1-26-36(50(2,3)48)34(23-35(45)41(20-21-44)25-27-12-6-4-7-13-27)49-39(26)32-22-30(43-37(46)31-17-11-10-14-28(31)24-40-43)18-19-33(32)42(38(39)47)29-15-8-5-9-16-29/h4-19,22,24,26,34,36,44,48H,20-21,23,25H2,1-3H3/t26-,34+,36-,39+/m1/s1. The van der Waals surface area contributed by atoms with E-state index in [0.29, 0.717) is 34.6 Å². The van der Waals surface area contributed by atoms with Gasteiger partial charge in [0.05, 0.1) is 42.1 Å². The van der Waals surface area contributed by atoms with E-state index in [9.17, 15) is 24.3 Å². The smallest absolute Gasteiger partial charge is 0.279 e. The number of anilines is 2. The molecular weight excluding hydrogens is 649 g/mol. The van der Waals surface area contributed by atoms with Crippen LogP contribution in [0.15, 0.2) is 114 Å². The maximum absolute atomic E-state index is 15.0. The van der Waals surface area contributed by atoms with Crippen molar-refractivity contribution in [1.82, 2.24) is 14.7 Å². The lowest BCUT2D eigenvalue weighted by molar-refractivity contribution is -0.149. The molecule has 2 N–H and O–H groups in total. The lowest BCUT2D eigenvalue weighted by Gasteiger charge is -2.32. The van der Waals surface area contributed by atoms with Crippen molar-refractivity contribution in [2.45, 2.75) is 50.2 Å². The van der Waals surface area contributed by atoms with E-state index in [1.165, 1.54) is 4.68 Å². The van der Waals surface area contributed by atoms with E-state index in [2.05, 4.69) is 5.10 Å². The highest BCUT2D eigenvalue weighted by Gasteiger charge is 2.66. The van der Waals surface area contributed by atoms with Crippen molar-refractivity contribution in [3.05, 3.63) is 131 Å². The number of carbonyl (C=O) groups is 2. The van der Waals surface area contributed by atoms with Crippen LogP contribution < -0.4 is 10.5 Å². The quantitative estimate of drug-likeness (QED) is 0.202. The van der Waals surface area contributed by atoms with E-state index < -0.39 is 31.5 Å². The topological polar surface area (TPSA) is 125 Å². The Morgan fingerprint density at radius 3 is 2.32 bits per heavy atom. The second-order valence-electron chi connectivity index (χ2n) is 13.7. The molecule has 0 aliphatic carbocycles. The summed E-state index contributed by atoms with van der Waals surface area (Å²) in [5, 5.41) is 15.6.